The first-order valence-corrected chi connectivity index (χ1v) is 13.9. The minimum absolute atomic E-state index is 0.813. The second-order valence-electron chi connectivity index (χ2n) is 10.5. The van der Waals surface area contributed by atoms with Crippen LogP contribution in [0.15, 0.2) is 78.9 Å². The van der Waals surface area contributed by atoms with Crippen LogP contribution in [-0.2, 0) is 17.6 Å². The lowest BCUT2D eigenvalue weighted by molar-refractivity contribution is 0.195. The van der Waals surface area contributed by atoms with Gasteiger partial charge in [0.25, 0.3) is 0 Å². The van der Waals surface area contributed by atoms with Gasteiger partial charge in [-0.25, -0.2) is 0 Å². The van der Waals surface area contributed by atoms with Crippen LogP contribution in [-0.4, -0.2) is 13.7 Å². The van der Waals surface area contributed by atoms with E-state index in [-0.39, 0.29) is 0 Å². The fraction of sp³-hybridized carbons (Fsp3) is 0.333. The number of aryl methyl sites for hydroxylation is 5. The lowest BCUT2D eigenvalue weighted by Gasteiger charge is -2.15. The summed E-state index contributed by atoms with van der Waals surface area (Å²) in [5.41, 5.74) is 14.6. The highest BCUT2D eigenvalue weighted by molar-refractivity contribution is 5.78. The van der Waals surface area contributed by atoms with Gasteiger partial charge in [0.05, 0.1) is 0 Å². The molecule has 0 saturated carbocycles. The molecule has 1 heteroatoms. The summed E-state index contributed by atoms with van der Waals surface area (Å²) in [5, 5.41) is 0. The van der Waals surface area contributed by atoms with Crippen molar-refractivity contribution in [2.75, 3.05) is 13.7 Å². The van der Waals surface area contributed by atoms with Crippen LogP contribution in [0.3, 0.4) is 0 Å². The van der Waals surface area contributed by atoms with Crippen LogP contribution >= 0.6 is 0 Å². The highest BCUT2D eigenvalue weighted by atomic mass is 16.5. The molecular weight excluding hydrogens is 448 g/mol. The number of unbranched alkanes of at least 4 members (excludes halogenated alkanes) is 2. The van der Waals surface area contributed by atoms with Crippen molar-refractivity contribution in [1.82, 2.24) is 0 Å². The Morgan fingerprint density at radius 3 is 1.70 bits per heavy atom. The molecule has 0 aliphatic heterocycles. The SMILES string of the molecule is CCCCCc1ccc(-c2ccc(-c3ccc(-c4ccc(CCCOC)cc4C)c(C)c3)c(C)c2)cc1. The zero-order valence-electron chi connectivity index (χ0n) is 23.4. The first kappa shape index (κ1) is 26.9. The van der Waals surface area contributed by atoms with E-state index in [2.05, 4.69) is 107 Å². The second kappa shape index (κ2) is 12.9. The molecule has 0 atom stereocenters. The Morgan fingerprint density at radius 2 is 1.05 bits per heavy atom. The van der Waals surface area contributed by atoms with E-state index in [0.717, 1.165) is 19.4 Å². The molecule has 0 unspecified atom stereocenters. The number of ether oxygens (including phenoxy) is 1. The van der Waals surface area contributed by atoms with Gasteiger partial charge < -0.3 is 4.74 Å². The summed E-state index contributed by atoms with van der Waals surface area (Å²) in [6, 6.07) is 29.8. The van der Waals surface area contributed by atoms with Gasteiger partial charge in [-0.05, 0) is 108 Å². The van der Waals surface area contributed by atoms with Crippen molar-refractivity contribution in [3.8, 4) is 33.4 Å². The highest BCUT2D eigenvalue weighted by Gasteiger charge is 2.10. The molecule has 0 aliphatic rings. The second-order valence-corrected chi connectivity index (χ2v) is 10.5. The predicted octanol–water partition coefficient (Wildman–Crippen LogP) is 9.92. The molecule has 0 amide bonds. The van der Waals surface area contributed by atoms with Crippen LogP contribution < -0.4 is 0 Å². The molecular formula is C36H42O. The van der Waals surface area contributed by atoms with Gasteiger partial charge in [-0.2, -0.15) is 0 Å². The fourth-order valence-corrected chi connectivity index (χ4v) is 5.35. The molecule has 1 nitrogen and oxygen atoms in total. The van der Waals surface area contributed by atoms with Gasteiger partial charge >= 0.3 is 0 Å². The topological polar surface area (TPSA) is 9.23 Å². The van der Waals surface area contributed by atoms with Crippen molar-refractivity contribution in [3.05, 3.63) is 107 Å². The summed E-state index contributed by atoms with van der Waals surface area (Å²) in [4.78, 5) is 0. The van der Waals surface area contributed by atoms with E-state index in [9.17, 15) is 0 Å². The summed E-state index contributed by atoms with van der Waals surface area (Å²) in [7, 11) is 1.77. The molecule has 0 fully saturated rings. The third-order valence-electron chi connectivity index (χ3n) is 7.51. The molecule has 192 valence electrons. The van der Waals surface area contributed by atoms with Crippen LogP contribution in [0.4, 0.5) is 0 Å². The van der Waals surface area contributed by atoms with Crippen LogP contribution in [0.1, 0.15) is 60.4 Å². The van der Waals surface area contributed by atoms with Crippen LogP contribution in [0, 0.1) is 20.8 Å². The Balaban J connectivity index is 1.52. The molecule has 0 N–H and O–H groups in total. The lowest BCUT2D eigenvalue weighted by atomic mass is 9.90. The summed E-state index contributed by atoms with van der Waals surface area (Å²) in [6.07, 6.45) is 7.16. The standard InChI is InChI=1S/C36H42O/c1-6-7-8-10-29-12-15-31(16-13-29)32-17-20-34(27(3)24-32)33-18-21-36(28(4)25-33)35-19-14-30(23-26(35)2)11-9-22-37-5/h12-21,23-25H,6-11,22H2,1-5H3. The number of rotatable bonds is 11. The monoisotopic (exact) mass is 490 g/mol. The van der Waals surface area contributed by atoms with E-state index in [4.69, 9.17) is 4.74 Å². The zero-order chi connectivity index (χ0) is 26.2. The summed E-state index contributed by atoms with van der Waals surface area (Å²) in [6.45, 7) is 9.76. The molecule has 4 aromatic carbocycles. The van der Waals surface area contributed by atoms with E-state index >= 15 is 0 Å². The number of benzene rings is 4. The van der Waals surface area contributed by atoms with Crippen molar-refractivity contribution in [3.63, 3.8) is 0 Å². The highest BCUT2D eigenvalue weighted by Crippen LogP contribution is 2.34. The van der Waals surface area contributed by atoms with Gasteiger partial charge in [0.15, 0.2) is 0 Å². The smallest absolute Gasteiger partial charge is 0.0465 e. The van der Waals surface area contributed by atoms with Crippen molar-refractivity contribution >= 4 is 0 Å². The van der Waals surface area contributed by atoms with E-state index in [1.807, 2.05) is 0 Å². The van der Waals surface area contributed by atoms with Crippen LogP contribution in [0.2, 0.25) is 0 Å². The van der Waals surface area contributed by atoms with Crippen molar-refractivity contribution in [1.29, 1.82) is 0 Å². The molecule has 0 radical (unpaired) electrons. The number of methoxy groups -OCH3 is 1. The maximum atomic E-state index is 5.21. The van der Waals surface area contributed by atoms with Gasteiger partial charge in [0, 0.05) is 13.7 Å². The lowest BCUT2D eigenvalue weighted by Crippen LogP contribution is -1.95. The predicted molar refractivity (Wildman–Crippen MR) is 160 cm³/mol. The average molecular weight is 491 g/mol. The Labute approximate surface area is 224 Å². The average Bonchev–Trinajstić information content (AvgIpc) is 2.90. The molecule has 0 saturated heterocycles. The summed E-state index contributed by atoms with van der Waals surface area (Å²) in [5.74, 6) is 0. The normalized spacial score (nSPS) is 11.2. The Morgan fingerprint density at radius 1 is 0.514 bits per heavy atom. The minimum atomic E-state index is 0.813. The molecule has 0 aromatic heterocycles. The molecule has 37 heavy (non-hydrogen) atoms. The fourth-order valence-electron chi connectivity index (χ4n) is 5.35. The zero-order valence-corrected chi connectivity index (χ0v) is 23.4. The van der Waals surface area contributed by atoms with Crippen molar-refractivity contribution < 1.29 is 4.74 Å². The number of hydrogen-bond donors (Lipinski definition) is 0. The van der Waals surface area contributed by atoms with E-state index in [1.54, 1.807) is 7.11 Å². The van der Waals surface area contributed by atoms with Crippen molar-refractivity contribution in [2.45, 2.75) is 66.2 Å². The molecule has 0 heterocycles. The van der Waals surface area contributed by atoms with E-state index < -0.39 is 0 Å². The third-order valence-corrected chi connectivity index (χ3v) is 7.51. The van der Waals surface area contributed by atoms with Gasteiger partial charge in [0.2, 0.25) is 0 Å². The molecule has 4 rings (SSSR count). The van der Waals surface area contributed by atoms with Gasteiger partial charge in [-0.15, -0.1) is 0 Å². The van der Waals surface area contributed by atoms with Gasteiger partial charge in [-0.1, -0.05) is 98.6 Å². The maximum absolute atomic E-state index is 5.21. The summed E-state index contributed by atoms with van der Waals surface area (Å²) < 4.78 is 5.21. The quantitative estimate of drug-likeness (QED) is 0.190. The van der Waals surface area contributed by atoms with Crippen molar-refractivity contribution in [2.24, 2.45) is 0 Å². The first-order valence-electron chi connectivity index (χ1n) is 13.9. The first-order chi connectivity index (χ1) is 18.0. The number of hydrogen-bond acceptors (Lipinski definition) is 1. The third kappa shape index (κ3) is 6.79. The molecule has 0 spiro atoms. The van der Waals surface area contributed by atoms with E-state index in [1.165, 1.54) is 86.9 Å². The Hall–Kier alpha value is -3.16. The van der Waals surface area contributed by atoms with Crippen LogP contribution in [0.25, 0.3) is 33.4 Å². The maximum Gasteiger partial charge on any atom is 0.0465 e. The van der Waals surface area contributed by atoms with Gasteiger partial charge in [0.1, 0.15) is 0 Å². The molecule has 0 aliphatic carbocycles. The van der Waals surface area contributed by atoms with Gasteiger partial charge in [-0.3, -0.25) is 0 Å². The Bertz CT molecular complexity index is 1310. The Kier molecular flexibility index (Phi) is 9.36. The molecule has 4 aromatic rings. The van der Waals surface area contributed by atoms with Crippen LogP contribution in [0.5, 0.6) is 0 Å². The molecule has 0 bridgehead atoms. The summed E-state index contributed by atoms with van der Waals surface area (Å²) >= 11 is 0. The largest absolute Gasteiger partial charge is 0.385 e. The van der Waals surface area contributed by atoms with E-state index in [0.29, 0.717) is 0 Å². The minimum Gasteiger partial charge on any atom is -0.385 e.